The number of carbonyl (C=O) groups is 1. The minimum Gasteiger partial charge on any atom is -0.495 e. The highest BCUT2D eigenvalue weighted by Crippen LogP contribution is 2.42. The van der Waals surface area contributed by atoms with E-state index < -0.39 is 6.10 Å². The Morgan fingerprint density at radius 1 is 1.24 bits per heavy atom. The summed E-state index contributed by atoms with van der Waals surface area (Å²) in [5.74, 6) is 1.25. The van der Waals surface area contributed by atoms with E-state index in [0.717, 1.165) is 69.7 Å². The van der Waals surface area contributed by atoms with E-state index in [2.05, 4.69) is 36.1 Å². The quantitative estimate of drug-likeness (QED) is 0.445. The van der Waals surface area contributed by atoms with Crippen molar-refractivity contribution in [3.8, 4) is 11.8 Å². The molecule has 1 saturated carbocycles. The summed E-state index contributed by atoms with van der Waals surface area (Å²) >= 11 is 0. The number of nitriles is 1. The van der Waals surface area contributed by atoms with Crippen LogP contribution in [0.5, 0.6) is 5.75 Å². The predicted molar refractivity (Wildman–Crippen MR) is 133 cm³/mol. The predicted octanol–water partition coefficient (Wildman–Crippen LogP) is 2.39. The fraction of sp³-hybridized carbons (Fsp3) is 0.538. The smallest absolute Gasteiger partial charge is 0.309 e. The van der Waals surface area contributed by atoms with Crippen LogP contribution in [0.2, 0.25) is 0 Å². The first-order valence-corrected chi connectivity index (χ1v) is 12.8. The third-order valence-electron chi connectivity index (χ3n) is 7.98. The third kappa shape index (κ3) is 4.81. The van der Waals surface area contributed by atoms with Gasteiger partial charge in [0, 0.05) is 31.9 Å². The molecular weight excluding hydrogens is 472 g/mol. The number of esters is 1. The molecule has 0 radical (unpaired) electrons. The van der Waals surface area contributed by atoms with Crippen LogP contribution in [-0.2, 0) is 9.53 Å². The number of nitrogens with zero attached hydrogens (tertiary/aromatic N) is 8. The molecule has 1 spiro atoms. The van der Waals surface area contributed by atoms with Crippen LogP contribution in [0.25, 0.3) is 5.65 Å². The highest BCUT2D eigenvalue weighted by atomic mass is 16.5. The summed E-state index contributed by atoms with van der Waals surface area (Å²) in [5.41, 5.74) is 1.99. The average Bonchev–Trinajstić information content (AvgIpc) is 3.55. The minimum atomic E-state index is -0.497. The van der Waals surface area contributed by atoms with Gasteiger partial charge in [-0.25, -0.2) is 0 Å². The SMILES string of the molecule is COc1cc([C@H](CN2CCC3(CC2)CCN(c2ccc4nncn4n2)C3)OC(=O)C2CC2)ncc1C#N. The van der Waals surface area contributed by atoms with Crippen molar-refractivity contribution in [2.24, 2.45) is 11.3 Å². The molecule has 5 heterocycles. The van der Waals surface area contributed by atoms with Gasteiger partial charge in [-0.15, -0.1) is 15.3 Å². The summed E-state index contributed by atoms with van der Waals surface area (Å²) < 4.78 is 13.0. The van der Waals surface area contributed by atoms with Crippen LogP contribution in [-0.4, -0.2) is 75.5 Å². The summed E-state index contributed by atoms with van der Waals surface area (Å²) in [6, 6.07) is 7.80. The number of fused-ring (bicyclic) bond motifs is 1. The summed E-state index contributed by atoms with van der Waals surface area (Å²) in [4.78, 5) is 21.8. The molecule has 3 aliphatic rings. The highest BCUT2D eigenvalue weighted by Gasteiger charge is 2.42. The van der Waals surface area contributed by atoms with E-state index in [1.54, 1.807) is 16.9 Å². The van der Waals surface area contributed by atoms with Crippen molar-refractivity contribution in [2.75, 3.05) is 44.7 Å². The molecule has 11 heteroatoms. The van der Waals surface area contributed by atoms with Crippen LogP contribution in [0.1, 0.15) is 49.5 Å². The van der Waals surface area contributed by atoms with Crippen LogP contribution in [0.4, 0.5) is 5.82 Å². The van der Waals surface area contributed by atoms with Crippen LogP contribution < -0.4 is 9.64 Å². The lowest BCUT2D eigenvalue weighted by Gasteiger charge is -2.40. The Morgan fingerprint density at radius 3 is 2.81 bits per heavy atom. The zero-order chi connectivity index (χ0) is 25.4. The molecule has 0 amide bonds. The molecule has 3 aromatic rings. The van der Waals surface area contributed by atoms with Crippen LogP contribution in [0, 0.1) is 22.7 Å². The second-order valence-electron chi connectivity index (χ2n) is 10.4. The number of likely N-dealkylation sites (tertiary alicyclic amines) is 1. The van der Waals surface area contributed by atoms with E-state index in [4.69, 9.17) is 9.47 Å². The lowest BCUT2D eigenvalue weighted by atomic mass is 9.77. The largest absolute Gasteiger partial charge is 0.495 e. The molecule has 6 rings (SSSR count). The number of hydrogen-bond donors (Lipinski definition) is 0. The maximum atomic E-state index is 12.6. The number of piperidine rings is 1. The first-order valence-electron chi connectivity index (χ1n) is 12.8. The Bertz CT molecular complexity index is 1340. The van der Waals surface area contributed by atoms with Gasteiger partial charge in [0.2, 0.25) is 0 Å². The van der Waals surface area contributed by atoms with Gasteiger partial charge < -0.3 is 14.4 Å². The normalized spacial score (nSPS) is 20.2. The fourth-order valence-corrected chi connectivity index (χ4v) is 5.50. The molecular formula is C26H30N8O3. The maximum Gasteiger partial charge on any atom is 0.309 e. The monoisotopic (exact) mass is 502 g/mol. The van der Waals surface area contributed by atoms with E-state index in [0.29, 0.717) is 23.6 Å². The number of hydrogen-bond acceptors (Lipinski definition) is 10. The Hall–Kier alpha value is -3.78. The number of anilines is 1. The van der Waals surface area contributed by atoms with E-state index in [1.165, 1.54) is 13.3 Å². The number of carbonyl (C=O) groups excluding carboxylic acids is 1. The van der Waals surface area contributed by atoms with Gasteiger partial charge in [-0.3, -0.25) is 14.7 Å². The third-order valence-corrected chi connectivity index (χ3v) is 7.98. The van der Waals surface area contributed by atoms with Gasteiger partial charge in [-0.2, -0.15) is 9.78 Å². The number of rotatable bonds is 7. The van der Waals surface area contributed by atoms with E-state index in [-0.39, 0.29) is 17.3 Å². The topological polar surface area (TPSA) is 122 Å². The van der Waals surface area contributed by atoms with E-state index in [1.807, 2.05) is 12.1 Å². The molecule has 3 fully saturated rings. The second-order valence-corrected chi connectivity index (χ2v) is 10.4. The van der Waals surface area contributed by atoms with Crippen molar-refractivity contribution in [3.63, 3.8) is 0 Å². The number of methoxy groups -OCH3 is 1. The fourth-order valence-electron chi connectivity index (χ4n) is 5.50. The molecule has 0 unspecified atom stereocenters. The molecule has 1 aliphatic carbocycles. The summed E-state index contributed by atoms with van der Waals surface area (Å²) in [6.07, 6.45) is 7.69. The molecule has 0 aromatic carbocycles. The van der Waals surface area contributed by atoms with Crippen LogP contribution in [0.15, 0.2) is 30.7 Å². The van der Waals surface area contributed by atoms with Crippen molar-refractivity contribution in [1.29, 1.82) is 5.26 Å². The van der Waals surface area contributed by atoms with E-state index in [9.17, 15) is 10.1 Å². The first kappa shape index (κ1) is 23.6. The Kier molecular flexibility index (Phi) is 6.12. The Balaban J connectivity index is 1.12. The summed E-state index contributed by atoms with van der Waals surface area (Å²) in [5, 5.41) is 22.0. The van der Waals surface area contributed by atoms with Crippen molar-refractivity contribution in [3.05, 3.63) is 42.0 Å². The molecule has 2 saturated heterocycles. The highest BCUT2D eigenvalue weighted by molar-refractivity contribution is 5.75. The lowest BCUT2D eigenvalue weighted by molar-refractivity contribution is -0.152. The van der Waals surface area contributed by atoms with Gasteiger partial charge in [0.25, 0.3) is 0 Å². The second kappa shape index (κ2) is 9.59. The summed E-state index contributed by atoms with van der Waals surface area (Å²) in [6.45, 7) is 4.40. The molecule has 192 valence electrons. The maximum absolute atomic E-state index is 12.6. The Morgan fingerprint density at radius 2 is 2.05 bits per heavy atom. The van der Waals surface area contributed by atoms with Crippen LogP contribution >= 0.6 is 0 Å². The molecule has 2 aliphatic heterocycles. The number of ether oxygens (including phenoxy) is 2. The van der Waals surface area contributed by atoms with Crippen molar-refractivity contribution >= 4 is 17.4 Å². The molecule has 1 atom stereocenters. The number of aromatic nitrogens is 5. The molecule has 0 bridgehead atoms. The van der Waals surface area contributed by atoms with Gasteiger partial charge >= 0.3 is 5.97 Å². The molecule has 0 N–H and O–H groups in total. The average molecular weight is 503 g/mol. The number of pyridine rings is 1. The zero-order valence-electron chi connectivity index (χ0n) is 20.9. The van der Waals surface area contributed by atoms with Gasteiger partial charge in [0.05, 0.1) is 18.7 Å². The zero-order valence-corrected chi connectivity index (χ0v) is 20.9. The molecule has 3 aromatic heterocycles. The first-order chi connectivity index (χ1) is 18.1. The standard InChI is InChI=1S/C26H30N8O3/c1-36-21-12-20(28-14-19(21)13-27)22(37-25(35)18-2-3-18)15-32-9-6-26(7-10-32)8-11-33(16-26)24-5-4-23-30-29-17-34(23)31-24/h4-5,12,14,17-18,22H,2-3,6-11,15-16H2,1H3/t22-/m0/s1. The summed E-state index contributed by atoms with van der Waals surface area (Å²) in [7, 11) is 1.53. The van der Waals surface area contributed by atoms with Gasteiger partial charge in [-0.05, 0) is 62.7 Å². The van der Waals surface area contributed by atoms with Gasteiger partial charge in [0.1, 0.15) is 29.5 Å². The van der Waals surface area contributed by atoms with Crippen molar-refractivity contribution in [2.45, 2.75) is 38.2 Å². The van der Waals surface area contributed by atoms with Gasteiger partial charge in [-0.1, -0.05) is 0 Å². The van der Waals surface area contributed by atoms with Crippen molar-refractivity contribution < 1.29 is 14.3 Å². The molecule has 11 nitrogen and oxygen atoms in total. The Labute approximate surface area is 215 Å². The van der Waals surface area contributed by atoms with Crippen molar-refractivity contribution in [1.82, 2.24) is 29.7 Å². The minimum absolute atomic E-state index is 0.00260. The van der Waals surface area contributed by atoms with E-state index >= 15 is 0 Å². The van der Waals surface area contributed by atoms with Gasteiger partial charge in [0.15, 0.2) is 11.8 Å². The molecule has 37 heavy (non-hydrogen) atoms. The van der Waals surface area contributed by atoms with Crippen LogP contribution in [0.3, 0.4) is 0 Å². The lowest BCUT2D eigenvalue weighted by Crippen LogP contribution is -2.43.